The number of hydrogen-bond donors (Lipinski definition) is 1. The van der Waals surface area contributed by atoms with Crippen molar-refractivity contribution < 1.29 is 13.2 Å². The van der Waals surface area contributed by atoms with Crippen LogP contribution in [0.1, 0.15) is 24.8 Å². The molecule has 1 atom stereocenters. The standard InChI is InChI=1S/C18H24N2O3S/c1-14(15-6-3-2-4-7-15)12-19-18(21)20-10-5-11-24(22,23)13-17(20)16-8-9-16/h2-4,6-7,16-17H,1,5,8-13H2,(H,19,21). The second kappa shape index (κ2) is 6.97. The number of carbonyl (C=O) groups excluding carboxylic acids is 1. The van der Waals surface area contributed by atoms with Gasteiger partial charge in [-0.15, -0.1) is 0 Å². The number of rotatable bonds is 4. The quantitative estimate of drug-likeness (QED) is 0.908. The van der Waals surface area contributed by atoms with Gasteiger partial charge >= 0.3 is 6.03 Å². The molecular weight excluding hydrogens is 324 g/mol. The lowest BCUT2D eigenvalue weighted by molar-refractivity contribution is 0.175. The number of hydrogen-bond acceptors (Lipinski definition) is 3. The van der Waals surface area contributed by atoms with Crippen LogP contribution < -0.4 is 5.32 Å². The number of nitrogens with zero attached hydrogens (tertiary/aromatic N) is 1. The third-order valence-electron chi connectivity index (χ3n) is 4.74. The fourth-order valence-electron chi connectivity index (χ4n) is 3.24. The van der Waals surface area contributed by atoms with E-state index in [0.717, 1.165) is 24.0 Å². The van der Waals surface area contributed by atoms with Gasteiger partial charge in [0.05, 0.1) is 17.5 Å². The Bertz CT molecular complexity index is 711. The molecule has 0 spiro atoms. The van der Waals surface area contributed by atoms with Gasteiger partial charge < -0.3 is 10.2 Å². The monoisotopic (exact) mass is 348 g/mol. The van der Waals surface area contributed by atoms with Gasteiger partial charge in [-0.1, -0.05) is 36.9 Å². The van der Waals surface area contributed by atoms with Crippen molar-refractivity contribution in [3.63, 3.8) is 0 Å². The highest BCUT2D eigenvalue weighted by atomic mass is 32.2. The van der Waals surface area contributed by atoms with Crippen LogP contribution in [-0.2, 0) is 9.84 Å². The molecule has 24 heavy (non-hydrogen) atoms. The topological polar surface area (TPSA) is 66.5 Å². The number of nitrogens with one attached hydrogen (secondary N) is 1. The van der Waals surface area contributed by atoms with Gasteiger partial charge in [-0.25, -0.2) is 13.2 Å². The highest BCUT2D eigenvalue weighted by Gasteiger charge is 2.41. The normalized spacial score (nSPS) is 23.3. The SMILES string of the molecule is C=C(CNC(=O)N1CCCS(=O)(=O)CC1C1CC1)c1ccccc1. The summed E-state index contributed by atoms with van der Waals surface area (Å²) in [5, 5.41) is 2.91. The highest BCUT2D eigenvalue weighted by Crippen LogP contribution is 2.37. The van der Waals surface area contributed by atoms with E-state index in [1.807, 2.05) is 30.3 Å². The maximum Gasteiger partial charge on any atom is 0.317 e. The first-order valence-electron chi connectivity index (χ1n) is 8.44. The first kappa shape index (κ1) is 17.0. The summed E-state index contributed by atoms with van der Waals surface area (Å²) in [5.41, 5.74) is 1.84. The molecule has 6 heteroatoms. The summed E-state index contributed by atoms with van der Waals surface area (Å²) in [6, 6.07) is 9.37. The molecule has 0 aromatic heterocycles. The summed E-state index contributed by atoms with van der Waals surface area (Å²) in [6.45, 7) is 4.89. The Hall–Kier alpha value is -1.82. The third kappa shape index (κ3) is 4.17. The number of amides is 2. The van der Waals surface area contributed by atoms with E-state index in [4.69, 9.17) is 0 Å². The van der Waals surface area contributed by atoms with Gasteiger partial charge in [0.2, 0.25) is 0 Å². The molecule has 2 aliphatic rings. The molecule has 1 aromatic rings. The predicted molar refractivity (Wildman–Crippen MR) is 95.4 cm³/mol. The number of benzene rings is 1. The van der Waals surface area contributed by atoms with E-state index in [9.17, 15) is 13.2 Å². The van der Waals surface area contributed by atoms with Crippen molar-refractivity contribution in [3.8, 4) is 0 Å². The van der Waals surface area contributed by atoms with E-state index in [1.165, 1.54) is 0 Å². The van der Waals surface area contributed by atoms with Crippen molar-refractivity contribution in [2.75, 3.05) is 24.6 Å². The molecule has 1 N–H and O–H groups in total. The van der Waals surface area contributed by atoms with Crippen LogP contribution in [0.15, 0.2) is 36.9 Å². The average molecular weight is 348 g/mol. The zero-order valence-electron chi connectivity index (χ0n) is 13.8. The Morgan fingerprint density at radius 1 is 1.25 bits per heavy atom. The van der Waals surface area contributed by atoms with Crippen LogP contribution in [0, 0.1) is 5.92 Å². The number of carbonyl (C=O) groups is 1. The van der Waals surface area contributed by atoms with Crippen molar-refractivity contribution in [1.29, 1.82) is 0 Å². The minimum absolute atomic E-state index is 0.102. The van der Waals surface area contributed by atoms with Crippen LogP contribution in [0.4, 0.5) is 4.79 Å². The van der Waals surface area contributed by atoms with Gasteiger partial charge in [0, 0.05) is 13.1 Å². The van der Waals surface area contributed by atoms with Crippen LogP contribution in [0.3, 0.4) is 0 Å². The Kier molecular flexibility index (Phi) is 4.94. The lowest BCUT2D eigenvalue weighted by atomic mass is 10.1. The van der Waals surface area contributed by atoms with Crippen LogP contribution in [-0.4, -0.2) is 50.0 Å². The Morgan fingerprint density at radius 3 is 2.62 bits per heavy atom. The first-order valence-corrected chi connectivity index (χ1v) is 10.3. The molecule has 1 aliphatic heterocycles. The van der Waals surface area contributed by atoms with Crippen molar-refractivity contribution in [2.24, 2.45) is 5.92 Å². The second-order valence-electron chi connectivity index (χ2n) is 6.69. The van der Waals surface area contributed by atoms with Crippen LogP contribution >= 0.6 is 0 Å². The van der Waals surface area contributed by atoms with Crippen molar-refractivity contribution >= 4 is 21.4 Å². The lowest BCUT2D eigenvalue weighted by Gasteiger charge is -2.29. The van der Waals surface area contributed by atoms with Crippen LogP contribution in [0.25, 0.3) is 5.57 Å². The van der Waals surface area contributed by atoms with Gasteiger partial charge in [0.1, 0.15) is 0 Å². The van der Waals surface area contributed by atoms with Crippen LogP contribution in [0.2, 0.25) is 0 Å². The number of sulfone groups is 1. The molecule has 1 heterocycles. The highest BCUT2D eigenvalue weighted by molar-refractivity contribution is 7.91. The fourth-order valence-corrected chi connectivity index (χ4v) is 4.95. The molecule has 1 saturated heterocycles. The Morgan fingerprint density at radius 2 is 1.96 bits per heavy atom. The summed E-state index contributed by atoms with van der Waals surface area (Å²) < 4.78 is 24.1. The summed E-state index contributed by atoms with van der Waals surface area (Å²) in [7, 11) is -3.05. The van der Waals surface area contributed by atoms with Gasteiger partial charge in [0.15, 0.2) is 9.84 Å². The maximum atomic E-state index is 12.6. The van der Waals surface area contributed by atoms with Gasteiger partial charge in [0.25, 0.3) is 0 Å². The van der Waals surface area contributed by atoms with Gasteiger partial charge in [-0.3, -0.25) is 0 Å². The predicted octanol–water partition coefficient (Wildman–Crippen LogP) is 2.31. The molecule has 0 radical (unpaired) electrons. The molecule has 3 rings (SSSR count). The lowest BCUT2D eigenvalue weighted by Crippen LogP contribution is -2.49. The van der Waals surface area contributed by atoms with E-state index in [0.29, 0.717) is 25.4 Å². The zero-order valence-corrected chi connectivity index (χ0v) is 14.6. The van der Waals surface area contributed by atoms with E-state index in [1.54, 1.807) is 4.90 Å². The molecule has 1 saturated carbocycles. The van der Waals surface area contributed by atoms with E-state index >= 15 is 0 Å². The molecule has 0 bridgehead atoms. The van der Waals surface area contributed by atoms with Gasteiger partial charge in [-0.2, -0.15) is 0 Å². The molecule has 130 valence electrons. The van der Waals surface area contributed by atoms with Crippen molar-refractivity contribution in [3.05, 3.63) is 42.5 Å². The molecule has 5 nitrogen and oxygen atoms in total. The molecule has 1 aliphatic carbocycles. The molecule has 1 aromatic carbocycles. The summed E-state index contributed by atoms with van der Waals surface area (Å²) >= 11 is 0. The van der Waals surface area contributed by atoms with E-state index < -0.39 is 9.84 Å². The van der Waals surface area contributed by atoms with Crippen molar-refractivity contribution in [2.45, 2.75) is 25.3 Å². The van der Waals surface area contributed by atoms with Crippen LogP contribution in [0.5, 0.6) is 0 Å². The summed E-state index contributed by atoms with van der Waals surface area (Å²) in [6.07, 6.45) is 2.54. The number of urea groups is 1. The van der Waals surface area contributed by atoms with Crippen molar-refractivity contribution in [1.82, 2.24) is 10.2 Å². The van der Waals surface area contributed by atoms with E-state index in [2.05, 4.69) is 11.9 Å². The van der Waals surface area contributed by atoms with Gasteiger partial charge in [-0.05, 0) is 36.3 Å². The minimum Gasteiger partial charge on any atom is -0.334 e. The fraction of sp³-hybridized carbons (Fsp3) is 0.500. The summed E-state index contributed by atoms with van der Waals surface area (Å²) in [4.78, 5) is 14.4. The Labute approximate surface area is 143 Å². The molecule has 1 unspecified atom stereocenters. The first-order chi connectivity index (χ1) is 11.5. The minimum atomic E-state index is -3.05. The summed E-state index contributed by atoms with van der Waals surface area (Å²) in [5.74, 6) is 0.613. The maximum absolute atomic E-state index is 12.6. The zero-order chi connectivity index (χ0) is 17.2. The molecular formula is C18H24N2O3S. The second-order valence-corrected chi connectivity index (χ2v) is 8.92. The molecule has 2 fully saturated rings. The Balaban J connectivity index is 1.63. The molecule has 2 amide bonds. The third-order valence-corrected chi connectivity index (χ3v) is 6.50. The average Bonchev–Trinajstić information content (AvgIpc) is 3.40. The van der Waals surface area contributed by atoms with E-state index in [-0.39, 0.29) is 23.6 Å². The largest absolute Gasteiger partial charge is 0.334 e. The smallest absolute Gasteiger partial charge is 0.317 e.